The summed E-state index contributed by atoms with van der Waals surface area (Å²) in [5.74, 6) is -0.0122. The van der Waals surface area contributed by atoms with Crippen molar-refractivity contribution in [3.63, 3.8) is 0 Å². The van der Waals surface area contributed by atoms with Gasteiger partial charge in [-0.15, -0.1) is 0 Å². The summed E-state index contributed by atoms with van der Waals surface area (Å²) in [5.41, 5.74) is 4.43. The molecule has 0 aromatic heterocycles. The van der Waals surface area contributed by atoms with Crippen molar-refractivity contribution in [1.29, 1.82) is 0 Å². The normalized spacial score (nSPS) is 10.4. The van der Waals surface area contributed by atoms with Crippen LogP contribution in [0.1, 0.15) is 29.2 Å². The highest BCUT2D eigenvalue weighted by Gasteiger charge is 2.11. The summed E-state index contributed by atoms with van der Waals surface area (Å²) >= 11 is 0. The second-order valence-corrected chi connectivity index (χ2v) is 6.38. The first kappa shape index (κ1) is 18.7. The number of hydrogen-bond acceptors (Lipinski definition) is 2. The fourth-order valence-corrected chi connectivity index (χ4v) is 2.64. The molecular formula is C21H26N2O2. The number of carbonyl (C=O) groups excluding carboxylic acids is 2. The number of benzene rings is 2. The van der Waals surface area contributed by atoms with Crippen molar-refractivity contribution in [2.45, 2.75) is 33.7 Å². The Morgan fingerprint density at radius 2 is 1.68 bits per heavy atom. The van der Waals surface area contributed by atoms with Crippen LogP contribution >= 0.6 is 0 Å². The molecule has 25 heavy (non-hydrogen) atoms. The minimum atomic E-state index is -0.0202. The Hall–Kier alpha value is -2.62. The molecule has 0 unspecified atom stereocenters. The van der Waals surface area contributed by atoms with E-state index in [-0.39, 0.29) is 11.8 Å². The van der Waals surface area contributed by atoms with Crippen LogP contribution in [0.15, 0.2) is 48.5 Å². The van der Waals surface area contributed by atoms with Crippen molar-refractivity contribution in [2.24, 2.45) is 0 Å². The monoisotopic (exact) mass is 338 g/mol. The topological polar surface area (TPSA) is 49.4 Å². The van der Waals surface area contributed by atoms with E-state index in [0.717, 1.165) is 16.7 Å². The van der Waals surface area contributed by atoms with Crippen LogP contribution < -0.4 is 5.32 Å². The summed E-state index contributed by atoms with van der Waals surface area (Å²) < 4.78 is 0. The van der Waals surface area contributed by atoms with E-state index in [1.165, 1.54) is 5.56 Å². The summed E-state index contributed by atoms with van der Waals surface area (Å²) in [6.45, 7) is 7.11. The molecule has 0 atom stereocenters. The molecule has 0 fully saturated rings. The number of nitrogens with one attached hydrogen (secondary N) is 1. The molecule has 4 heteroatoms. The Morgan fingerprint density at radius 1 is 1.00 bits per heavy atom. The summed E-state index contributed by atoms with van der Waals surface area (Å²) in [4.78, 5) is 25.7. The molecule has 0 saturated carbocycles. The van der Waals surface area contributed by atoms with Gasteiger partial charge in [-0.3, -0.25) is 9.59 Å². The van der Waals surface area contributed by atoms with Gasteiger partial charge in [-0.2, -0.15) is 0 Å². The zero-order valence-electron chi connectivity index (χ0n) is 15.2. The van der Waals surface area contributed by atoms with E-state index in [9.17, 15) is 9.59 Å². The van der Waals surface area contributed by atoms with Crippen LogP contribution in [-0.2, 0) is 22.6 Å². The van der Waals surface area contributed by atoms with Gasteiger partial charge in [-0.1, -0.05) is 54.1 Å². The first-order valence-corrected chi connectivity index (χ1v) is 8.58. The van der Waals surface area contributed by atoms with Gasteiger partial charge >= 0.3 is 0 Å². The van der Waals surface area contributed by atoms with Crippen molar-refractivity contribution in [3.8, 4) is 0 Å². The minimum absolute atomic E-state index is 0.00808. The van der Waals surface area contributed by atoms with Crippen LogP contribution in [0.2, 0.25) is 0 Å². The molecule has 0 bridgehead atoms. The van der Waals surface area contributed by atoms with E-state index in [4.69, 9.17) is 0 Å². The number of amides is 2. The van der Waals surface area contributed by atoms with Gasteiger partial charge < -0.3 is 10.2 Å². The van der Waals surface area contributed by atoms with E-state index in [2.05, 4.69) is 5.32 Å². The van der Waals surface area contributed by atoms with Gasteiger partial charge in [-0.05, 0) is 30.5 Å². The van der Waals surface area contributed by atoms with Crippen molar-refractivity contribution >= 4 is 11.8 Å². The molecule has 0 radical (unpaired) electrons. The summed E-state index contributed by atoms with van der Waals surface area (Å²) in [5, 5.41) is 2.91. The Balaban J connectivity index is 1.82. The van der Waals surface area contributed by atoms with E-state index in [0.29, 0.717) is 26.1 Å². The zero-order chi connectivity index (χ0) is 18.2. The highest BCUT2D eigenvalue weighted by atomic mass is 16.2. The molecule has 0 saturated heterocycles. The molecule has 2 amide bonds. The number of aryl methyl sites for hydroxylation is 2. The second-order valence-electron chi connectivity index (χ2n) is 6.38. The average Bonchev–Trinajstić information content (AvgIpc) is 2.57. The second kappa shape index (κ2) is 9.02. The Morgan fingerprint density at radius 3 is 2.32 bits per heavy atom. The van der Waals surface area contributed by atoms with Gasteiger partial charge in [0.05, 0.1) is 6.42 Å². The molecule has 0 aliphatic heterocycles. The van der Waals surface area contributed by atoms with Gasteiger partial charge in [0, 0.05) is 26.6 Å². The highest BCUT2D eigenvalue weighted by molar-refractivity contribution is 5.79. The van der Waals surface area contributed by atoms with Gasteiger partial charge in [0.25, 0.3) is 0 Å². The van der Waals surface area contributed by atoms with Gasteiger partial charge in [0.1, 0.15) is 0 Å². The van der Waals surface area contributed by atoms with Crippen LogP contribution in [-0.4, -0.2) is 29.8 Å². The lowest BCUT2D eigenvalue weighted by Gasteiger charge is -2.21. The van der Waals surface area contributed by atoms with Crippen LogP contribution in [0.3, 0.4) is 0 Å². The van der Waals surface area contributed by atoms with Crippen LogP contribution in [0, 0.1) is 13.8 Å². The van der Waals surface area contributed by atoms with Gasteiger partial charge in [0.15, 0.2) is 0 Å². The third-order valence-electron chi connectivity index (χ3n) is 4.26. The van der Waals surface area contributed by atoms with Crippen LogP contribution in [0.5, 0.6) is 0 Å². The van der Waals surface area contributed by atoms with E-state index < -0.39 is 0 Å². The predicted molar refractivity (Wildman–Crippen MR) is 100 cm³/mol. The SMILES string of the molecule is CC(=O)N(CCNC(=O)Cc1ccccc1C)Cc1ccc(C)cc1. The maximum atomic E-state index is 12.1. The third-order valence-corrected chi connectivity index (χ3v) is 4.26. The average molecular weight is 338 g/mol. The number of rotatable bonds is 7. The van der Waals surface area contributed by atoms with Crippen molar-refractivity contribution < 1.29 is 9.59 Å². The number of nitrogens with zero attached hydrogens (tertiary/aromatic N) is 1. The van der Waals surface area contributed by atoms with Crippen molar-refractivity contribution in [3.05, 3.63) is 70.8 Å². The Kier molecular flexibility index (Phi) is 6.75. The lowest BCUT2D eigenvalue weighted by molar-refractivity contribution is -0.130. The quantitative estimate of drug-likeness (QED) is 0.844. The molecule has 0 spiro atoms. The first-order chi connectivity index (χ1) is 12.0. The van der Waals surface area contributed by atoms with Crippen molar-refractivity contribution in [2.75, 3.05) is 13.1 Å². The summed E-state index contributed by atoms with van der Waals surface area (Å²) in [6, 6.07) is 16.0. The molecular weight excluding hydrogens is 312 g/mol. The number of hydrogen-bond donors (Lipinski definition) is 1. The summed E-state index contributed by atoms with van der Waals surface area (Å²) in [6.07, 6.45) is 0.366. The molecule has 0 aliphatic rings. The van der Waals surface area contributed by atoms with Crippen LogP contribution in [0.4, 0.5) is 0 Å². The lowest BCUT2D eigenvalue weighted by atomic mass is 10.1. The fourth-order valence-electron chi connectivity index (χ4n) is 2.64. The standard InChI is InChI=1S/C21H26N2O2/c1-16-8-10-19(11-9-16)15-23(18(3)24)13-12-22-21(25)14-20-7-5-4-6-17(20)2/h4-11H,12-15H2,1-3H3,(H,22,25). The van der Waals surface area contributed by atoms with Crippen molar-refractivity contribution in [1.82, 2.24) is 10.2 Å². The summed E-state index contributed by atoms with van der Waals surface area (Å²) in [7, 11) is 0. The Bertz CT molecular complexity index is 723. The third kappa shape index (κ3) is 6.07. The van der Waals surface area contributed by atoms with E-state index in [1.807, 2.05) is 62.4 Å². The van der Waals surface area contributed by atoms with Gasteiger partial charge in [-0.25, -0.2) is 0 Å². The largest absolute Gasteiger partial charge is 0.354 e. The minimum Gasteiger partial charge on any atom is -0.354 e. The molecule has 2 rings (SSSR count). The molecule has 2 aromatic rings. The molecule has 2 aromatic carbocycles. The first-order valence-electron chi connectivity index (χ1n) is 8.58. The molecule has 1 N–H and O–H groups in total. The highest BCUT2D eigenvalue weighted by Crippen LogP contribution is 2.08. The molecule has 0 aliphatic carbocycles. The molecule has 0 heterocycles. The van der Waals surface area contributed by atoms with E-state index in [1.54, 1.807) is 11.8 Å². The smallest absolute Gasteiger partial charge is 0.224 e. The maximum absolute atomic E-state index is 12.1. The molecule has 4 nitrogen and oxygen atoms in total. The Labute approximate surface area is 149 Å². The maximum Gasteiger partial charge on any atom is 0.224 e. The lowest BCUT2D eigenvalue weighted by Crippen LogP contribution is -2.37. The van der Waals surface area contributed by atoms with Gasteiger partial charge in [0.2, 0.25) is 11.8 Å². The molecule has 132 valence electrons. The fraction of sp³-hybridized carbons (Fsp3) is 0.333. The van der Waals surface area contributed by atoms with Crippen LogP contribution in [0.25, 0.3) is 0 Å². The zero-order valence-corrected chi connectivity index (χ0v) is 15.2. The number of carbonyl (C=O) groups is 2. The van der Waals surface area contributed by atoms with E-state index >= 15 is 0 Å². The predicted octanol–water partition coefficient (Wildman–Crippen LogP) is 3.01.